The third-order valence-electron chi connectivity index (χ3n) is 2.85. The Kier molecular flexibility index (Phi) is 2.11. The van der Waals surface area contributed by atoms with E-state index in [0.717, 1.165) is 6.04 Å². The second-order valence-corrected chi connectivity index (χ2v) is 3.69. The summed E-state index contributed by atoms with van der Waals surface area (Å²) >= 11 is 0. The van der Waals surface area contributed by atoms with Crippen LogP contribution in [0.1, 0.15) is 12.8 Å². The second kappa shape index (κ2) is 3.09. The molecule has 2 aliphatic heterocycles. The van der Waals surface area contributed by atoms with Gasteiger partial charge in [0.05, 0.1) is 0 Å². The van der Waals surface area contributed by atoms with E-state index in [9.17, 15) is 0 Å². The summed E-state index contributed by atoms with van der Waals surface area (Å²) in [5, 5.41) is 3.30. The summed E-state index contributed by atoms with van der Waals surface area (Å²) in [6, 6.07) is 1.29. The number of likely N-dealkylation sites (tertiary alicyclic amines) is 1. The van der Waals surface area contributed by atoms with Crippen molar-refractivity contribution in [3.63, 3.8) is 0 Å². The molecular formula is C8H17N3. The van der Waals surface area contributed by atoms with E-state index in [4.69, 9.17) is 5.73 Å². The summed E-state index contributed by atoms with van der Waals surface area (Å²) in [4.78, 5) is 2.57. The minimum Gasteiger partial charge on any atom is -0.328 e. The van der Waals surface area contributed by atoms with Crippen molar-refractivity contribution in [2.75, 3.05) is 26.2 Å². The quantitative estimate of drug-likeness (QED) is 0.530. The summed E-state index contributed by atoms with van der Waals surface area (Å²) in [5.74, 6) is 0. The summed E-state index contributed by atoms with van der Waals surface area (Å²) in [7, 11) is 0. The molecular weight excluding hydrogens is 138 g/mol. The molecule has 2 heterocycles. The van der Waals surface area contributed by atoms with Gasteiger partial charge in [-0.25, -0.2) is 0 Å². The van der Waals surface area contributed by atoms with Gasteiger partial charge < -0.3 is 11.1 Å². The zero-order chi connectivity index (χ0) is 7.68. The molecule has 0 aliphatic carbocycles. The van der Waals surface area contributed by atoms with Crippen molar-refractivity contribution in [2.45, 2.75) is 24.9 Å². The number of hydrogen-bond acceptors (Lipinski definition) is 3. The first-order chi connectivity index (χ1) is 5.36. The molecule has 0 aromatic carbocycles. The third kappa shape index (κ3) is 1.55. The molecule has 64 valence electrons. The van der Waals surface area contributed by atoms with Gasteiger partial charge in [0.25, 0.3) is 0 Å². The van der Waals surface area contributed by atoms with Crippen LogP contribution in [0, 0.1) is 0 Å². The Morgan fingerprint density at radius 2 is 1.82 bits per heavy atom. The predicted molar refractivity (Wildman–Crippen MR) is 45.4 cm³/mol. The molecule has 0 unspecified atom stereocenters. The number of nitrogens with one attached hydrogen (secondary N) is 1. The molecule has 0 saturated carbocycles. The van der Waals surface area contributed by atoms with E-state index in [1.54, 1.807) is 0 Å². The van der Waals surface area contributed by atoms with Crippen molar-refractivity contribution in [1.82, 2.24) is 10.2 Å². The Hall–Kier alpha value is -0.120. The monoisotopic (exact) mass is 155 g/mol. The zero-order valence-corrected chi connectivity index (χ0v) is 6.92. The van der Waals surface area contributed by atoms with Crippen LogP contribution < -0.4 is 11.1 Å². The van der Waals surface area contributed by atoms with Crippen molar-refractivity contribution >= 4 is 0 Å². The summed E-state index contributed by atoms with van der Waals surface area (Å²) in [6.45, 7) is 4.81. The van der Waals surface area contributed by atoms with E-state index in [-0.39, 0.29) is 0 Å². The first-order valence-corrected chi connectivity index (χ1v) is 4.56. The van der Waals surface area contributed by atoms with Gasteiger partial charge in [0.1, 0.15) is 0 Å². The highest BCUT2D eigenvalue weighted by Crippen LogP contribution is 2.13. The molecule has 11 heavy (non-hydrogen) atoms. The van der Waals surface area contributed by atoms with Crippen molar-refractivity contribution in [1.29, 1.82) is 0 Å². The minimum absolute atomic E-state index is 0.472. The van der Waals surface area contributed by atoms with Crippen molar-refractivity contribution in [3.8, 4) is 0 Å². The third-order valence-corrected chi connectivity index (χ3v) is 2.85. The maximum Gasteiger partial charge on any atom is 0.0345 e. The van der Waals surface area contributed by atoms with Crippen LogP contribution in [-0.4, -0.2) is 43.2 Å². The van der Waals surface area contributed by atoms with E-state index in [1.807, 2.05) is 0 Å². The Morgan fingerprint density at radius 1 is 1.18 bits per heavy atom. The lowest BCUT2D eigenvalue weighted by atomic mass is 10.0. The molecule has 3 heteroatoms. The molecule has 2 rings (SSSR count). The van der Waals surface area contributed by atoms with Crippen LogP contribution in [0.15, 0.2) is 0 Å². The smallest absolute Gasteiger partial charge is 0.0345 e. The first kappa shape index (κ1) is 7.53. The molecule has 2 aliphatic rings. The number of rotatable bonds is 1. The highest BCUT2D eigenvalue weighted by Gasteiger charge is 2.26. The SMILES string of the molecule is NC1CCN(C2CNC2)CC1. The maximum atomic E-state index is 5.81. The molecule has 0 aromatic heterocycles. The van der Waals surface area contributed by atoms with Crippen molar-refractivity contribution in [2.24, 2.45) is 5.73 Å². The van der Waals surface area contributed by atoms with Gasteiger partial charge in [-0.15, -0.1) is 0 Å². The van der Waals surface area contributed by atoms with Gasteiger partial charge in [0.2, 0.25) is 0 Å². The minimum atomic E-state index is 0.472. The van der Waals surface area contributed by atoms with Crippen LogP contribution >= 0.6 is 0 Å². The molecule has 0 atom stereocenters. The lowest BCUT2D eigenvalue weighted by Gasteiger charge is -2.41. The number of nitrogens with zero attached hydrogens (tertiary/aromatic N) is 1. The lowest BCUT2D eigenvalue weighted by Crippen LogP contribution is -2.59. The van der Waals surface area contributed by atoms with E-state index >= 15 is 0 Å². The normalized spacial score (nSPS) is 30.3. The van der Waals surface area contributed by atoms with Gasteiger partial charge in [-0.05, 0) is 12.8 Å². The van der Waals surface area contributed by atoms with Gasteiger partial charge in [0.15, 0.2) is 0 Å². The predicted octanol–water partition coefficient (Wildman–Crippen LogP) is -0.619. The van der Waals surface area contributed by atoms with Crippen LogP contribution in [0.4, 0.5) is 0 Å². The number of hydrogen-bond donors (Lipinski definition) is 2. The van der Waals surface area contributed by atoms with E-state index in [0.29, 0.717) is 6.04 Å². The molecule has 0 radical (unpaired) electrons. The van der Waals surface area contributed by atoms with Crippen LogP contribution in [0.5, 0.6) is 0 Å². The maximum absolute atomic E-state index is 5.81. The van der Waals surface area contributed by atoms with E-state index < -0.39 is 0 Å². The van der Waals surface area contributed by atoms with Gasteiger partial charge in [-0.1, -0.05) is 0 Å². The molecule has 0 spiro atoms. The Morgan fingerprint density at radius 3 is 2.27 bits per heavy atom. The van der Waals surface area contributed by atoms with Gasteiger partial charge in [-0.2, -0.15) is 0 Å². The lowest BCUT2D eigenvalue weighted by molar-refractivity contribution is 0.114. The van der Waals surface area contributed by atoms with Gasteiger partial charge in [0, 0.05) is 38.3 Å². The number of piperidine rings is 1. The van der Waals surface area contributed by atoms with Gasteiger partial charge >= 0.3 is 0 Å². The molecule has 2 saturated heterocycles. The number of nitrogens with two attached hydrogens (primary N) is 1. The van der Waals surface area contributed by atoms with Crippen molar-refractivity contribution < 1.29 is 0 Å². The Balaban J connectivity index is 1.77. The highest BCUT2D eigenvalue weighted by molar-refractivity contribution is 4.87. The van der Waals surface area contributed by atoms with Crippen LogP contribution in [0.25, 0.3) is 0 Å². The van der Waals surface area contributed by atoms with E-state index in [2.05, 4.69) is 10.2 Å². The summed E-state index contributed by atoms with van der Waals surface area (Å²) in [5.41, 5.74) is 5.81. The topological polar surface area (TPSA) is 41.3 Å². The average Bonchev–Trinajstić information content (AvgIpc) is 1.90. The molecule has 0 bridgehead atoms. The Bertz CT molecular complexity index is 125. The Labute approximate surface area is 67.9 Å². The average molecular weight is 155 g/mol. The molecule has 3 nitrogen and oxygen atoms in total. The summed E-state index contributed by atoms with van der Waals surface area (Å²) in [6.07, 6.45) is 2.38. The fraction of sp³-hybridized carbons (Fsp3) is 1.00. The molecule has 2 fully saturated rings. The standard InChI is InChI=1S/C8H17N3/c9-7-1-3-11(4-2-7)8-5-10-6-8/h7-8,10H,1-6,9H2. The van der Waals surface area contributed by atoms with Crippen LogP contribution in [0.3, 0.4) is 0 Å². The van der Waals surface area contributed by atoms with E-state index in [1.165, 1.54) is 39.0 Å². The summed E-state index contributed by atoms with van der Waals surface area (Å²) < 4.78 is 0. The van der Waals surface area contributed by atoms with Crippen LogP contribution in [-0.2, 0) is 0 Å². The largest absolute Gasteiger partial charge is 0.328 e. The second-order valence-electron chi connectivity index (χ2n) is 3.69. The molecule has 0 amide bonds. The fourth-order valence-corrected chi connectivity index (χ4v) is 1.82. The molecule has 3 N–H and O–H groups in total. The first-order valence-electron chi connectivity index (χ1n) is 4.56. The molecule has 0 aromatic rings. The van der Waals surface area contributed by atoms with Gasteiger partial charge in [-0.3, -0.25) is 4.90 Å². The highest BCUT2D eigenvalue weighted by atomic mass is 15.2. The van der Waals surface area contributed by atoms with Crippen LogP contribution in [0.2, 0.25) is 0 Å². The fourth-order valence-electron chi connectivity index (χ4n) is 1.82. The van der Waals surface area contributed by atoms with Crippen molar-refractivity contribution in [3.05, 3.63) is 0 Å². The zero-order valence-electron chi connectivity index (χ0n) is 6.92.